The van der Waals surface area contributed by atoms with E-state index in [2.05, 4.69) is 42.1 Å². The molecule has 2 fully saturated rings. The molecule has 4 nitrogen and oxygen atoms in total. The molecule has 0 radical (unpaired) electrons. The van der Waals surface area contributed by atoms with Gasteiger partial charge in [0.1, 0.15) is 5.54 Å². The Bertz CT molecular complexity index is 360. The van der Waals surface area contributed by atoms with E-state index < -0.39 is 0 Å². The fraction of sp³-hybridized carbons (Fsp3) is 0.933. The van der Waals surface area contributed by atoms with Gasteiger partial charge < -0.3 is 5.32 Å². The fourth-order valence-electron chi connectivity index (χ4n) is 3.53. The lowest BCUT2D eigenvalue weighted by atomic mass is 9.79. The summed E-state index contributed by atoms with van der Waals surface area (Å²) in [4.78, 5) is 5.06. The monoisotopic (exact) mass is 264 g/mol. The number of piperazine rings is 1. The minimum atomic E-state index is -0.295. The summed E-state index contributed by atoms with van der Waals surface area (Å²) < 4.78 is 0. The Morgan fingerprint density at radius 1 is 1.32 bits per heavy atom. The van der Waals surface area contributed by atoms with Gasteiger partial charge in [0.2, 0.25) is 0 Å². The smallest absolute Gasteiger partial charge is 0.108 e. The van der Waals surface area contributed by atoms with Crippen LogP contribution in [-0.2, 0) is 0 Å². The van der Waals surface area contributed by atoms with Crippen molar-refractivity contribution in [1.82, 2.24) is 15.1 Å². The van der Waals surface area contributed by atoms with Crippen LogP contribution in [0.4, 0.5) is 0 Å². The van der Waals surface area contributed by atoms with Crippen molar-refractivity contribution in [2.45, 2.75) is 56.7 Å². The molecule has 19 heavy (non-hydrogen) atoms. The maximum atomic E-state index is 9.46. The van der Waals surface area contributed by atoms with E-state index in [4.69, 9.17) is 0 Å². The van der Waals surface area contributed by atoms with E-state index in [9.17, 15) is 5.26 Å². The standard InChI is InChI=1S/C15H28N4/c1-14(2)12-19(9-8-18(14)4)13-6-5-7-15(10-13,11-16)17-3/h13,17H,5-10,12H2,1-4H3. The van der Waals surface area contributed by atoms with E-state index >= 15 is 0 Å². The predicted octanol–water partition coefficient (Wildman–Crippen LogP) is 1.44. The molecule has 108 valence electrons. The Morgan fingerprint density at radius 3 is 2.63 bits per heavy atom. The third-order valence-corrected chi connectivity index (χ3v) is 5.28. The molecule has 1 aliphatic heterocycles. The quantitative estimate of drug-likeness (QED) is 0.819. The SMILES string of the molecule is CNC1(C#N)CCCC(N2CCN(C)C(C)(C)C2)C1. The fourth-order valence-corrected chi connectivity index (χ4v) is 3.53. The van der Waals surface area contributed by atoms with Crippen molar-refractivity contribution in [2.24, 2.45) is 0 Å². The molecule has 1 saturated carbocycles. The van der Waals surface area contributed by atoms with Gasteiger partial charge in [-0.25, -0.2) is 0 Å². The molecule has 0 spiro atoms. The van der Waals surface area contributed by atoms with Crippen LogP contribution >= 0.6 is 0 Å². The number of nitrogens with zero attached hydrogens (tertiary/aromatic N) is 3. The molecule has 1 heterocycles. The van der Waals surface area contributed by atoms with Gasteiger partial charge >= 0.3 is 0 Å². The second kappa shape index (κ2) is 5.40. The van der Waals surface area contributed by atoms with Crippen molar-refractivity contribution in [3.8, 4) is 6.07 Å². The Balaban J connectivity index is 2.05. The van der Waals surface area contributed by atoms with Gasteiger partial charge in [-0.2, -0.15) is 5.26 Å². The number of hydrogen-bond acceptors (Lipinski definition) is 4. The Kier molecular flexibility index (Phi) is 4.20. The van der Waals surface area contributed by atoms with Crippen molar-refractivity contribution in [3.05, 3.63) is 0 Å². The van der Waals surface area contributed by atoms with Crippen molar-refractivity contribution in [2.75, 3.05) is 33.7 Å². The minimum absolute atomic E-state index is 0.241. The third-order valence-electron chi connectivity index (χ3n) is 5.28. The van der Waals surface area contributed by atoms with Gasteiger partial charge in [0, 0.05) is 31.2 Å². The van der Waals surface area contributed by atoms with Crippen molar-refractivity contribution in [1.29, 1.82) is 5.26 Å². The van der Waals surface area contributed by atoms with Crippen molar-refractivity contribution < 1.29 is 0 Å². The topological polar surface area (TPSA) is 42.3 Å². The molecule has 2 atom stereocenters. The summed E-state index contributed by atoms with van der Waals surface area (Å²) in [6.07, 6.45) is 4.37. The lowest BCUT2D eigenvalue weighted by Crippen LogP contribution is -2.62. The summed E-state index contributed by atoms with van der Waals surface area (Å²) in [5, 5.41) is 12.7. The van der Waals surface area contributed by atoms with Crippen LogP contribution in [0.15, 0.2) is 0 Å². The van der Waals surface area contributed by atoms with Gasteiger partial charge in [-0.1, -0.05) is 0 Å². The molecule has 0 aromatic rings. The molecule has 0 aromatic carbocycles. The summed E-state index contributed by atoms with van der Waals surface area (Å²) in [6.45, 7) is 8.01. The molecule has 2 rings (SSSR count). The zero-order valence-corrected chi connectivity index (χ0v) is 12.9. The molecule has 0 amide bonds. The van der Waals surface area contributed by atoms with Crippen LogP contribution in [0.1, 0.15) is 39.5 Å². The summed E-state index contributed by atoms with van der Waals surface area (Å²) in [5.74, 6) is 0. The number of rotatable bonds is 2. The minimum Gasteiger partial charge on any atom is -0.302 e. The number of hydrogen-bond donors (Lipinski definition) is 1. The van der Waals surface area contributed by atoms with Crippen molar-refractivity contribution >= 4 is 0 Å². The van der Waals surface area contributed by atoms with Gasteiger partial charge in [-0.15, -0.1) is 0 Å². The maximum absolute atomic E-state index is 9.46. The van der Waals surface area contributed by atoms with E-state index in [1.54, 1.807) is 0 Å². The molecule has 4 heteroatoms. The van der Waals surface area contributed by atoms with Gasteiger partial charge in [0.25, 0.3) is 0 Å². The zero-order chi connectivity index (χ0) is 14.1. The molecule has 1 saturated heterocycles. The van der Waals surface area contributed by atoms with Crippen LogP contribution in [-0.4, -0.2) is 60.6 Å². The molecule has 0 bridgehead atoms. The normalized spacial score (nSPS) is 36.9. The maximum Gasteiger partial charge on any atom is 0.108 e. The highest BCUT2D eigenvalue weighted by Gasteiger charge is 2.40. The first-order valence-electron chi connectivity index (χ1n) is 7.48. The average molecular weight is 264 g/mol. The first kappa shape index (κ1) is 14.8. The predicted molar refractivity (Wildman–Crippen MR) is 77.9 cm³/mol. The Labute approximate surface area is 117 Å². The molecule has 0 aromatic heterocycles. The van der Waals surface area contributed by atoms with E-state index in [-0.39, 0.29) is 11.1 Å². The third kappa shape index (κ3) is 2.94. The highest BCUT2D eigenvalue weighted by Crippen LogP contribution is 2.33. The largest absolute Gasteiger partial charge is 0.302 e. The summed E-state index contributed by atoms with van der Waals surface area (Å²) in [7, 11) is 4.14. The zero-order valence-electron chi connectivity index (χ0n) is 12.9. The first-order chi connectivity index (χ1) is 8.92. The molecule has 2 aliphatic rings. The van der Waals surface area contributed by atoms with Crippen LogP contribution in [0.3, 0.4) is 0 Å². The lowest BCUT2D eigenvalue weighted by Gasteiger charge is -2.50. The highest BCUT2D eigenvalue weighted by atomic mass is 15.3. The first-order valence-corrected chi connectivity index (χ1v) is 7.48. The second-order valence-electron chi connectivity index (χ2n) is 6.90. The van der Waals surface area contributed by atoms with Gasteiger partial charge in [-0.05, 0) is 53.6 Å². The second-order valence-corrected chi connectivity index (χ2v) is 6.90. The van der Waals surface area contributed by atoms with Crippen LogP contribution in [0.5, 0.6) is 0 Å². The van der Waals surface area contributed by atoms with Gasteiger partial charge in [0.15, 0.2) is 0 Å². The van der Waals surface area contributed by atoms with Gasteiger partial charge in [-0.3, -0.25) is 9.80 Å². The molecule has 1 aliphatic carbocycles. The van der Waals surface area contributed by atoms with Crippen LogP contribution < -0.4 is 5.32 Å². The van der Waals surface area contributed by atoms with E-state index in [1.165, 1.54) is 6.42 Å². The number of nitriles is 1. The van der Waals surface area contributed by atoms with Gasteiger partial charge in [0.05, 0.1) is 6.07 Å². The van der Waals surface area contributed by atoms with E-state index in [0.717, 1.165) is 38.9 Å². The summed E-state index contributed by atoms with van der Waals surface area (Å²) in [6, 6.07) is 3.08. The van der Waals surface area contributed by atoms with E-state index in [1.807, 2.05) is 7.05 Å². The summed E-state index contributed by atoms with van der Waals surface area (Å²) >= 11 is 0. The molecule has 1 N–H and O–H groups in total. The average Bonchev–Trinajstić information content (AvgIpc) is 2.42. The number of nitrogens with one attached hydrogen (secondary N) is 1. The van der Waals surface area contributed by atoms with Crippen LogP contribution in [0.2, 0.25) is 0 Å². The van der Waals surface area contributed by atoms with Crippen molar-refractivity contribution in [3.63, 3.8) is 0 Å². The molecule has 2 unspecified atom stereocenters. The Hall–Kier alpha value is -0.630. The summed E-state index contributed by atoms with van der Waals surface area (Å²) in [5.41, 5.74) is -0.0545. The lowest BCUT2D eigenvalue weighted by molar-refractivity contribution is 0.000789. The molecular formula is C15H28N4. The molecular weight excluding hydrogens is 236 g/mol. The van der Waals surface area contributed by atoms with Crippen LogP contribution in [0, 0.1) is 11.3 Å². The number of likely N-dealkylation sites (N-methyl/N-ethyl adjacent to an activating group) is 1. The Morgan fingerprint density at radius 2 is 2.05 bits per heavy atom. The highest BCUT2D eigenvalue weighted by molar-refractivity contribution is 5.11. The van der Waals surface area contributed by atoms with Crippen LogP contribution in [0.25, 0.3) is 0 Å². The van der Waals surface area contributed by atoms with E-state index in [0.29, 0.717) is 6.04 Å².